The fraction of sp³-hybridized carbons (Fsp3) is 0.455. The third-order valence-corrected chi connectivity index (χ3v) is 6.92. The van der Waals surface area contributed by atoms with E-state index in [0.29, 0.717) is 12.5 Å². The summed E-state index contributed by atoms with van der Waals surface area (Å²) in [4.78, 5) is 30.7. The highest BCUT2D eigenvalue weighted by molar-refractivity contribution is 7.20. The van der Waals surface area contributed by atoms with Crippen molar-refractivity contribution < 1.29 is 9.53 Å². The maximum absolute atomic E-state index is 12.9. The molecule has 0 atom stereocenters. The maximum Gasteiger partial charge on any atom is 0.261 e. The Morgan fingerprint density at radius 2 is 2.07 bits per heavy atom. The van der Waals surface area contributed by atoms with Crippen molar-refractivity contribution in [2.45, 2.75) is 39.2 Å². The lowest BCUT2D eigenvalue weighted by atomic mass is 10.1. The Morgan fingerprint density at radius 3 is 2.83 bits per heavy atom. The van der Waals surface area contributed by atoms with Gasteiger partial charge >= 0.3 is 0 Å². The minimum absolute atomic E-state index is 0.0624. The van der Waals surface area contributed by atoms with Crippen LogP contribution < -0.4 is 10.2 Å². The van der Waals surface area contributed by atoms with Crippen molar-refractivity contribution in [1.82, 2.24) is 20.3 Å². The predicted molar refractivity (Wildman–Crippen MR) is 117 cm³/mol. The van der Waals surface area contributed by atoms with Crippen LogP contribution in [-0.4, -0.2) is 47.2 Å². The first kappa shape index (κ1) is 19.4. The fourth-order valence-electron chi connectivity index (χ4n) is 3.90. The summed E-state index contributed by atoms with van der Waals surface area (Å²) in [6, 6.07) is 3.99. The monoisotopic (exact) mass is 423 g/mol. The lowest BCUT2D eigenvalue weighted by molar-refractivity contribution is 0.0954. The van der Waals surface area contributed by atoms with Crippen molar-refractivity contribution in [2.75, 3.05) is 31.2 Å². The Balaban J connectivity index is 1.32. The van der Waals surface area contributed by atoms with Gasteiger partial charge in [0.05, 0.1) is 23.8 Å². The first-order valence-electron chi connectivity index (χ1n) is 10.4. The van der Waals surface area contributed by atoms with Gasteiger partial charge in [0.25, 0.3) is 5.91 Å². The standard InChI is InChI=1S/C22H25N5O2S/c1-13-18-14(2)25-20(16-3-4-16)26-22(18)30-19(13)21(28)24-12-15-5-6-23-17(11-15)27-7-9-29-10-8-27/h5-6,11,16H,3-4,7-10,12H2,1-2H3,(H,24,28). The molecular weight excluding hydrogens is 398 g/mol. The number of carbonyl (C=O) groups excluding carboxylic acids is 1. The summed E-state index contributed by atoms with van der Waals surface area (Å²) >= 11 is 1.47. The molecule has 1 aliphatic carbocycles. The van der Waals surface area contributed by atoms with Crippen LogP contribution in [0.3, 0.4) is 0 Å². The lowest BCUT2D eigenvalue weighted by Gasteiger charge is -2.28. The Labute approximate surface area is 179 Å². The zero-order valence-corrected chi connectivity index (χ0v) is 18.1. The van der Waals surface area contributed by atoms with E-state index in [1.54, 1.807) is 6.20 Å². The predicted octanol–water partition coefficient (Wildman–Crippen LogP) is 3.35. The van der Waals surface area contributed by atoms with E-state index in [1.807, 2.05) is 26.0 Å². The molecule has 0 aromatic carbocycles. The molecule has 1 N–H and O–H groups in total. The van der Waals surface area contributed by atoms with Crippen LogP contribution in [0.25, 0.3) is 10.2 Å². The zero-order chi connectivity index (χ0) is 20.7. The number of thiophene rings is 1. The first-order valence-corrected chi connectivity index (χ1v) is 11.3. The molecule has 3 aromatic heterocycles. The third kappa shape index (κ3) is 3.77. The van der Waals surface area contributed by atoms with Crippen molar-refractivity contribution in [3.8, 4) is 0 Å². The molecule has 8 heteroatoms. The lowest BCUT2D eigenvalue weighted by Crippen LogP contribution is -2.36. The molecule has 1 amide bonds. The Bertz CT molecular complexity index is 1100. The van der Waals surface area contributed by atoms with Gasteiger partial charge in [-0.2, -0.15) is 0 Å². The van der Waals surface area contributed by atoms with Crippen LogP contribution in [0.2, 0.25) is 0 Å². The number of rotatable bonds is 5. The van der Waals surface area contributed by atoms with E-state index in [2.05, 4.69) is 20.2 Å². The smallest absolute Gasteiger partial charge is 0.261 e. The second-order valence-electron chi connectivity index (χ2n) is 7.98. The van der Waals surface area contributed by atoms with Gasteiger partial charge in [0, 0.05) is 37.1 Å². The van der Waals surface area contributed by atoms with E-state index in [1.165, 1.54) is 24.2 Å². The molecule has 1 saturated heterocycles. The number of anilines is 1. The van der Waals surface area contributed by atoms with Crippen LogP contribution in [0.15, 0.2) is 18.3 Å². The summed E-state index contributed by atoms with van der Waals surface area (Å²) in [7, 11) is 0. The number of aromatic nitrogens is 3. The number of amides is 1. The second kappa shape index (κ2) is 7.92. The normalized spacial score (nSPS) is 16.8. The Hall–Kier alpha value is -2.58. The number of nitrogens with one attached hydrogen (secondary N) is 1. The molecule has 30 heavy (non-hydrogen) atoms. The Kier molecular flexibility index (Phi) is 5.12. The van der Waals surface area contributed by atoms with Gasteiger partial charge in [-0.05, 0) is 49.9 Å². The van der Waals surface area contributed by atoms with Crippen LogP contribution in [0.4, 0.5) is 5.82 Å². The largest absolute Gasteiger partial charge is 0.378 e. The highest BCUT2D eigenvalue weighted by Crippen LogP contribution is 2.40. The van der Waals surface area contributed by atoms with Gasteiger partial charge in [-0.1, -0.05) is 0 Å². The molecule has 2 fully saturated rings. The summed E-state index contributed by atoms with van der Waals surface area (Å²) in [5, 5.41) is 4.09. The van der Waals surface area contributed by atoms with E-state index in [-0.39, 0.29) is 5.91 Å². The van der Waals surface area contributed by atoms with E-state index in [4.69, 9.17) is 9.72 Å². The average molecular weight is 424 g/mol. The molecule has 3 aromatic rings. The summed E-state index contributed by atoms with van der Waals surface area (Å²) < 4.78 is 5.41. The molecule has 1 saturated carbocycles. The topological polar surface area (TPSA) is 80.2 Å². The minimum Gasteiger partial charge on any atom is -0.378 e. The molecule has 1 aliphatic heterocycles. The number of hydrogen-bond acceptors (Lipinski definition) is 7. The van der Waals surface area contributed by atoms with Crippen molar-refractivity contribution in [3.63, 3.8) is 0 Å². The number of fused-ring (bicyclic) bond motifs is 1. The van der Waals surface area contributed by atoms with Gasteiger partial charge in [0.1, 0.15) is 16.5 Å². The van der Waals surface area contributed by atoms with Crippen molar-refractivity contribution >= 4 is 33.3 Å². The quantitative estimate of drug-likeness (QED) is 0.678. The SMILES string of the molecule is Cc1nc(C2CC2)nc2sc(C(=O)NCc3ccnc(N4CCOCC4)c3)c(C)c12. The average Bonchev–Trinajstić information content (AvgIpc) is 3.56. The number of hydrogen-bond donors (Lipinski definition) is 1. The van der Waals surface area contributed by atoms with Crippen molar-refractivity contribution in [2.24, 2.45) is 0 Å². The first-order chi connectivity index (χ1) is 14.6. The van der Waals surface area contributed by atoms with Gasteiger partial charge in [-0.15, -0.1) is 11.3 Å². The zero-order valence-electron chi connectivity index (χ0n) is 17.3. The molecule has 0 unspecified atom stereocenters. The third-order valence-electron chi connectivity index (χ3n) is 5.74. The molecule has 4 heterocycles. The van der Waals surface area contributed by atoms with E-state index < -0.39 is 0 Å². The van der Waals surface area contributed by atoms with Crippen LogP contribution >= 0.6 is 11.3 Å². The van der Waals surface area contributed by atoms with Gasteiger partial charge < -0.3 is 15.0 Å². The van der Waals surface area contributed by atoms with E-state index in [0.717, 1.165) is 69.9 Å². The van der Waals surface area contributed by atoms with Crippen LogP contribution in [0.1, 0.15) is 51.1 Å². The molecule has 0 spiro atoms. The van der Waals surface area contributed by atoms with Gasteiger partial charge in [-0.3, -0.25) is 4.79 Å². The highest BCUT2D eigenvalue weighted by Gasteiger charge is 2.28. The van der Waals surface area contributed by atoms with E-state index >= 15 is 0 Å². The van der Waals surface area contributed by atoms with Crippen LogP contribution in [0.5, 0.6) is 0 Å². The molecule has 5 rings (SSSR count). The second-order valence-corrected chi connectivity index (χ2v) is 8.98. The number of carbonyl (C=O) groups is 1. The summed E-state index contributed by atoms with van der Waals surface area (Å²) in [5.41, 5.74) is 2.97. The van der Waals surface area contributed by atoms with Gasteiger partial charge in [0.15, 0.2) is 0 Å². The molecule has 0 radical (unpaired) electrons. The molecule has 7 nitrogen and oxygen atoms in total. The maximum atomic E-state index is 12.9. The fourth-order valence-corrected chi connectivity index (χ4v) is 5.05. The number of nitrogens with zero attached hydrogens (tertiary/aromatic N) is 4. The van der Waals surface area contributed by atoms with Crippen LogP contribution in [-0.2, 0) is 11.3 Å². The minimum atomic E-state index is -0.0624. The summed E-state index contributed by atoms with van der Waals surface area (Å²) in [6.45, 7) is 7.59. The number of ether oxygens (including phenoxy) is 1. The summed E-state index contributed by atoms with van der Waals surface area (Å²) in [5.74, 6) is 2.30. The molecule has 156 valence electrons. The molecule has 2 aliphatic rings. The van der Waals surface area contributed by atoms with Crippen molar-refractivity contribution in [3.05, 3.63) is 45.9 Å². The summed E-state index contributed by atoms with van der Waals surface area (Å²) in [6.07, 6.45) is 4.14. The number of aryl methyl sites for hydroxylation is 2. The van der Waals surface area contributed by atoms with Gasteiger partial charge in [0.2, 0.25) is 0 Å². The number of pyridine rings is 1. The van der Waals surface area contributed by atoms with Crippen LogP contribution in [0, 0.1) is 13.8 Å². The Morgan fingerprint density at radius 1 is 1.27 bits per heavy atom. The molecule has 0 bridgehead atoms. The number of morpholine rings is 1. The van der Waals surface area contributed by atoms with Gasteiger partial charge in [-0.25, -0.2) is 15.0 Å². The highest BCUT2D eigenvalue weighted by atomic mass is 32.1. The van der Waals surface area contributed by atoms with E-state index in [9.17, 15) is 4.79 Å². The van der Waals surface area contributed by atoms with Crippen molar-refractivity contribution in [1.29, 1.82) is 0 Å². The molecular formula is C22H25N5O2S.